The molecule has 0 unspecified atom stereocenters. The Morgan fingerprint density at radius 1 is 1.18 bits per heavy atom. The normalized spacial score (nSPS) is 11.2. The lowest BCUT2D eigenvalue weighted by Crippen LogP contribution is -2.11. The van der Waals surface area contributed by atoms with Crippen LogP contribution in [0.1, 0.15) is 11.3 Å². The number of benzene rings is 1. The number of nitrogens with zero attached hydrogens (tertiary/aromatic N) is 1. The van der Waals surface area contributed by atoms with Gasteiger partial charge in [0.05, 0.1) is 12.0 Å². The number of rotatable bonds is 3. The first kappa shape index (κ1) is 11.2. The summed E-state index contributed by atoms with van der Waals surface area (Å²) in [6, 6.07) is 13.0. The van der Waals surface area contributed by atoms with Crippen LogP contribution in [0, 0.1) is 0 Å². The second kappa shape index (κ2) is 5.14. The van der Waals surface area contributed by atoms with Crippen molar-refractivity contribution in [2.45, 2.75) is 0 Å². The van der Waals surface area contributed by atoms with Crippen molar-refractivity contribution in [2.24, 2.45) is 10.9 Å². The summed E-state index contributed by atoms with van der Waals surface area (Å²) in [5, 5.41) is 0. The summed E-state index contributed by atoms with van der Waals surface area (Å²) >= 11 is 0. The van der Waals surface area contributed by atoms with Gasteiger partial charge in [0.1, 0.15) is 0 Å². The van der Waals surface area contributed by atoms with Crippen LogP contribution in [0.25, 0.3) is 5.70 Å². The van der Waals surface area contributed by atoms with E-state index in [-0.39, 0.29) is 5.90 Å². The molecule has 17 heavy (non-hydrogen) atoms. The molecule has 0 radical (unpaired) electrons. The highest BCUT2D eigenvalue weighted by Gasteiger charge is 2.08. The molecule has 4 nitrogen and oxygen atoms in total. The Bertz CT molecular complexity index is 516. The Morgan fingerprint density at radius 2 is 1.94 bits per heavy atom. The van der Waals surface area contributed by atoms with Gasteiger partial charge in [-0.25, -0.2) is 4.99 Å². The zero-order valence-electron chi connectivity index (χ0n) is 9.17. The number of nitrogens with two attached hydrogens (primary N) is 1. The zero-order chi connectivity index (χ0) is 12.1. The van der Waals surface area contributed by atoms with Crippen molar-refractivity contribution in [3.63, 3.8) is 0 Å². The van der Waals surface area contributed by atoms with Crippen LogP contribution in [0.5, 0.6) is 0 Å². The fraction of sp³-hybridized carbons (Fsp3) is 0. The first-order chi connectivity index (χ1) is 8.31. The minimum Gasteiger partial charge on any atom is -0.459 e. The maximum atomic E-state index is 5.16. The van der Waals surface area contributed by atoms with Crippen LogP contribution in [-0.4, -0.2) is 5.90 Å². The van der Waals surface area contributed by atoms with Gasteiger partial charge in [-0.1, -0.05) is 36.9 Å². The summed E-state index contributed by atoms with van der Waals surface area (Å²) in [4.78, 5) is 8.87. The standard InChI is InChI=1S/C13H12N2O2/c1-10(11-6-3-2-4-7-11)15-13(17-14)12-8-5-9-16-12/h2-9H,1,14H2. The van der Waals surface area contributed by atoms with Crippen molar-refractivity contribution in [3.8, 4) is 0 Å². The highest BCUT2D eigenvalue weighted by molar-refractivity contribution is 5.94. The SMILES string of the molecule is C=C(N=C(ON)c1ccco1)c1ccccc1. The maximum Gasteiger partial charge on any atom is 0.280 e. The molecule has 0 fully saturated rings. The Morgan fingerprint density at radius 3 is 2.53 bits per heavy atom. The number of aliphatic imine (C=N–C) groups is 1. The molecule has 0 saturated heterocycles. The molecule has 0 atom stereocenters. The van der Waals surface area contributed by atoms with Gasteiger partial charge in [-0.15, -0.1) is 0 Å². The van der Waals surface area contributed by atoms with Crippen molar-refractivity contribution in [1.29, 1.82) is 0 Å². The summed E-state index contributed by atoms with van der Waals surface area (Å²) in [5.74, 6) is 5.82. The lowest BCUT2D eigenvalue weighted by atomic mass is 10.2. The molecule has 1 aromatic carbocycles. The van der Waals surface area contributed by atoms with Crippen LogP contribution >= 0.6 is 0 Å². The van der Waals surface area contributed by atoms with E-state index in [1.165, 1.54) is 6.26 Å². The first-order valence-corrected chi connectivity index (χ1v) is 5.05. The van der Waals surface area contributed by atoms with Gasteiger partial charge < -0.3 is 9.25 Å². The molecule has 0 saturated carbocycles. The maximum absolute atomic E-state index is 5.16. The van der Waals surface area contributed by atoms with Crippen molar-refractivity contribution < 1.29 is 9.25 Å². The Balaban J connectivity index is 2.26. The van der Waals surface area contributed by atoms with E-state index in [9.17, 15) is 0 Å². The molecular weight excluding hydrogens is 216 g/mol. The summed E-state index contributed by atoms with van der Waals surface area (Å²) in [5.41, 5.74) is 1.45. The zero-order valence-corrected chi connectivity index (χ0v) is 9.17. The van der Waals surface area contributed by atoms with E-state index < -0.39 is 0 Å². The fourth-order valence-electron chi connectivity index (χ4n) is 1.36. The Labute approximate surface area is 99.0 Å². The van der Waals surface area contributed by atoms with Crippen LogP contribution in [0.2, 0.25) is 0 Å². The molecule has 0 aliphatic carbocycles. The van der Waals surface area contributed by atoms with E-state index in [1.807, 2.05) is 30.3 Å². The van der Waals surface area contributed by atoms with Crippen LogP contribution in [0.15, 0.2) is 64.7 Å². The van der Waals surface area contributed by atoms with Gasteiger partial charge in [0, 0.05) is 0 Å². The predicted octanol–water partition coefficient (Wildman–Crippen LogP) is 2.59. The molecule has 0 bridgehead atoms. The molecule has 4 heteroatoms. The monoisotopic (exact) mass is 228 g/mol. The summed E-state index contributed by atoms with van der Waals surface area (Å²) in [7, 11) is 0. The molecular formula is C13H12N2O2. The van der Waals surface area contributed by atoms with Gasteiger partial charge in [0.25, 0.3) is 5.90 Å². The van der Waals surface area contributed by atoms with Gasteiger partial charge in [0.15, 0.2) is 5.76 Å². The third kappa shape index (κ3) is 2.62. The van der Waals surface area contributed by atoms with Gasteiger partial charge in [-0.2, -0.15) is 5.90 Å². The summed E-state index contributed by atoms with van der Waals surface area (Å²) < 4.78 is 5.15. The largest absolute Gasteiger partial charge is 0.459 e. The third-order valence-corrected chi connectivity index (χ3v) is 2.19. The lowest BCUT2D eigenvalue weighted by molar-refractivity contribution is 0.313. The summed E-state index contributed by atoms with van der Waals surface area (Å²) in [6.07, 6.45) is 1.52. The van der Waals surface area contributed by atoms with Gasteiger partial charge in [0.2, 0.25) is 0 Å². The second-order valence-electron chi connectivity index (χ2n) is 3.32. The van der Waals surface area contributed by atoms with Crippen molar-refractivity contribution in [2.75, 3.05) is 0 Å². The topological polar surface area (TPSA) is 60.8 Å². The highest BCUT2D eigenvalue weighted by atomic mass is 16.6. The van der Waals surface area contributed by atoms with Crippen LogP contribution in [0.3, 0.4) is 0 Å². The minimum atomic E-state index is 0.198. The minimum absolute atomic E-state index is 0.198. The average molecular weight is 228 g/mol. The van der Waals surface area contributed by atoms with Crippen LogP contribution in [-0.2, 0) is 4.84 Å². The number of hydrogen-bond donors (Lipinski definition) is 1. The van der Waals surface area contributed by atoms with Crippen LogP contribution in [0.4, 0.5) is 0 Å². The molecule has 86 valence electrons. The smallest absolute Gasteiger partial charge is 0.280 e. The molecule has 1 heterocycles. The molecule has 0 aliphatic heterocycles. The molecule has 2 rings (SSSR count). The predicted molar refractivity (Wildman–Crippen MR) is 66.0 cm³/mol. The molecule has 0 aliphatic rings. The molecule has 0 amide bonds. The van der Waals surface area contributed by atoms with E-state index in [1.54, 1.807) is 12.1 Å². The van der Waals surface area contributed by atoms with Gasteiger partial charge >= 0.3 is 0 Å². The number of hydrogen-bond acceptors (Lipinski definition) is 4. The molecule has 1 aromatic heterocycles. The number of furan rings is 1. The van der Waals surface area contributed by atoms with Crippen molar-refractivity contribution in [1.82, 2.24) is 0 Å². The van der Waals surface area contributed by atoms with Gasteiger partial charge in [-0.05, 0) is 17.7 Å². The fourth-order valence-corrected chi connectivity index (χ4v) is 1.36. The quantitative estimate of drug-likeness (QED) is 0.499. The molecule has 2 aromatic rings. The van der Waals surface area contributed by atoms with E-state index >= 15 is 0 Å². The van der Waals surface area contributed by atoms with E-state index in [0.29, 0.717) is 11.5 Å². The second-order valence-corrected chi connectivity index (χ2v) is 3.32. The Kier molecular flexibility index (Phi) is 3.37. The highest BCUT2D eigenvalue weighted by Crippen LogP contribution is 2.15. The van der Waals surface area contributed by atoms with E-state index in [4.69, 9.17) is 10.3 Å². The lowest BCUT2D eigenvalue weighted by Gasteiger charge is -2.03. The third-order valence-electron chi connectivity index (χ3n) is 2.19. The molecule has 2 N–H and O–H groups in total. The molecule has 0 spiro atoms. The van der Waals surface area contributed by atoms with Crippen molar-refractivity contribution in [3.05, 3.63) is 66.6 Å². The summed E-state index contributed by atoms with van der Waals surface area (Å²) in [6.45, 7) is 3.86. The van der Waals surface area contributed by atoms with Crippen molar-refractivity contribution >= 4 is 11.6 Å². The van der Waals surface area contributed by atoms with E-state index in [0.717, 1.165) is 5.56 Å². The Hall–Kier alpha value is -2.33. The first-order valence-electron chi connectivity index (χ1n) is 5.05. The van der Waals surface area contributed by atoms with E-state index in [2.05, 4.69) is 16.4 Å². The van der Waals surface area contributed by atoms with Gasteiger partial charge in [-0.3, -0.25) is 0 Å². The average Bonchev–Trinajstić information content (AvgIpc) is 2.90. The van der Waals surface area contributed by atoms with Crippen LogP contribution < -0.4 is 5.90 Å².